The van der Waals surface area contributed by atoms with Crippen molar-refractivity contribution in [2.75, 3.05) is 20.1 Å². The summed E-state index contributed by atoms with van der Waals surface area (Å²) in [5.41, 5.74) is 0. The molecule has 0 saturated heterocycles. The summed E-state index contributed by atoms with van der Waals surface area (Å²) >= 11 is 0. The van der Waals surface area contributed by atoms with Gasteiger partial charge in [0.05, 0.1) is 5.92 Å². The Labute approximate surface area is 156 Å². The molecule has 1 aliphatic rings. The third-order valence-electron chi connectivity index (χ3n) is 4.41. The highest BCUT2D eigenvalue weighted by Gasteiger charge is 2.41. The van der Waals surface area contributed by atoms with E-state index in [1.807, 2.05) is 0 Å². The summed E-state index contributed by atoms with van der Waals surface area (Å²) in [5, 5.41) is 6.05. The molecule has 1 saturated carbocycles. The summed E-state index contributed by atoms with van der Waals surface area (Å²) in [6.07, 6.45) is -0.356. The van der Waals surface area contributed by atoms with Crippen molar-refractivity contribution >= 4 is 16.0 Å². The highest BCUT2D eigenvalue weighted by Crippen LogP contribution is 2.37. The van der Waals surface area contributed by atoms with Crippen molar-refractivity contribution in [1.82, 2.24) is 20.3 Å². The predicted molar refractivity (Wildman–Crippen MR) is 95.7 cm³/mol. The Kier molecular flexibility index (Phi) is 7.42. The molecule has 1 heterocycles. The lowest BCUT2D eigenvalue weighted by Crippen LogP contribution is -2.47. The zero-order chi connectivity index (χ0) is 19.9. The number of aliphatic imine (C=N–C) groups is 1. The molecular weight excluding hydrogens is 383 g/mol. The lowest BCUT2D eigenvalue weighted by molar-refractivity contribution is -0.182. The van der Waals surface area contributed by atoms with Crippen molar-refractivity contribution < 1.29 is 21.6 Å². The third kappa shape index (κ3) is 6.65. The van der Waals surface area contributed by atoms with Gasteiger partial charge in [0, 0.05) is 38.6 Å². The molecule has 0 atom stereocenters. The number of guanidine groups is 1. The molecule has 7 nitrogen and oxygen atoms in total. The average molecular weight is 407 g/mol. The summed E-state index contributed by atoms with van der Waals surface area (Å²) in [5.74, 6) is -0.793. The standard InChI is InChI=1S/C16H24F3N5O2S/c1-20-15(24-13-6-4-12(5-7-13)16(17,18)19)22-9-10-23-27(25,26)14-3-2-8-21-11-14/h2-3,8,11-13,23H,4-7,9-10H2,1H3,(H2,20,22,24). The van der Waals surface area contributed by atoms with Crippen LogP contribution in [0, 0.1) is 5.92 Å². The molecular formula is C16H24F3N5O2S. The summed E-state index contributed by atoms with van der Waals surface area (Å²) in [6, 6.07) is 2.90. The first-order valence-corrected chi connectivity index (χ1v) is 10.1. The van der Waals surface area contributed by atoms with E-state index in [-0.39, 0.29) is 36.9 Å². The Balaban J connectivity index is 1.72. The number of aromatic nitrogens is 1. The highest BCUT2D eigenvalue weighted by molar-refractivity contribution is 7.89. The third-order valence-corrected chi connectivity index (χ3v) is 5.86. The molecule has 1 fully saturated rings. The van der Waals surface area contributed by atoms with E-state index in [2.05, 4.69) is 25.3 Å². The normalized spacial score (nSPS) is 21.7. The molecule has 0 spiro atoms. The van der Waals surface area contributed by atoms with Gasteiger partial charge in [-0.25, -0.2) is 13.1 Å². The van der Waals surface area contributed by atoms with Crippen LogP contribution >= 0.6 is 0 Å². The number of pyridine rings is 1. The second kappa shape index (κ2) is 9.36. The second-order valence-electron chi connectivity index (χ2n) is 6.32. The Morgan fingerprint density at radius 2 is 1.96 bits per heavy atom. The molecule has 27 heavy (non-hydrogen) atoms. The SMILES string of the molecule is CN=C(NCCNS(=O)(=O)c1cccnc1)NC1CCC(C(F)(F)F)CC1. The van der Waals surface area contributed by atoms with Crippen LogP contribution in [-0.4, -0.2) is 51.7 Å². The Bertz CT molecular complexity index is 717. The first-order chi connectivity index (χ1) is 12.7. The van der Waals surface area contributed by atoms with Crippen LogP contribution in [0.15, 0.2) is 34.4 Å². The van der Waals surface area contributed by atoms with Gasteiger partial charge in [-0.3, -0.25) is 9.98 Å². The minimum atomic E-state index is -4.13. The molecule has 0 bridgehead atoms. The topological polar surface area (TPSA) is 95.5 Å². The van der Waals surface area contributed by atoms with Crippen LogP contribution in [0.3, 0.4) is 0 Å². The van der Waals surface area contributed by atoms with Crippen LogP contribution in [0.1, 0.15) is 25.7 Å². The van der Waals surface area contributed by atoms with Crippen LogP contribution in [0.25, 0.3) is 0 Å². The molecule has 0 amide bonds. The van der Waals surface area contributed by atoms with Crippen LogP contribution in [0.2, 0.25) is 0 Å². The van der Waals surface area contributed by atoms with E-state index in [1.165, 1.54) is 24.5 Å². The van der Waals surface area contributed by atoms with Gasteiger partial charge in [0.25, 0.3) is 0 Å². The first-order valence-electron chi connectivity index (χ1n) is 8.66. The maximum Gasteiger partial charge on any atom is 0.391 e. The van der Waals surface area contributed by atoms with Gasteiger partial charge < -0.3 is 10.6 Å². The molecule has 0 aliphatic heterocycles. The number of alkyl halides is 3. The van der Waals surface area contributed by atoms with E-state index < -0.39 is 22.1 Å². The van der Waals surface area contributed by atoms with Gasteiger partial charge in [0.2, 0.25) is 10.0 Å². The van der Waals surface area contributed by atoms with Crippen molar-refractivity contribution in [2.24, 2.45) is 10.9 Å². The second-order valence-corrected chi connectivity index (χ2v) is 8.09. The molecule has 2 rings (SSSR count). The predicted octanol–water partition coefficient (Wildman–Crippen LogP) is 1.65. The minimum absolute atomic E-state index is 0.0777. The molecule has 1 aromatic heterocycles. The van der Waals surface area contributed by atoms with E-state index in [1.54, 1.807) is 7.05 Å². The fraction of sp³-hybridized carbons (Fsp3) is 0.625. The average Bonchev–Trinajstić information content (AvgIpc) is 2.64. The van der Waals surface area contributed by atoms with Gasteiger partial charge in [-0.05, 0) is 37.8 Å². The number of hydrogen-bond donors (Lipinski definition) is 3. The van der Waals surface area contributed by atoms with Crippen molar-refractivity contribution in [3.63, 3.8) is 0 Å². The number of hydrogen-bond acceptors (Lipinski definition) is 4. The van der Waals surface area contributed by atoms with E-state index in [4.69, 9.17) is 0 Å². The largest absolute Gasteiger partial charge is 0.391 e. The van der Waals surface area contributed by atoms with E-state index in [9.17, 15) is 21.6 Å². The summed E-state index contributed by atoms with van der Waals surface area (Å²) in [7, 11) is -2.08. The Morgan fingerprint density at radius 3 is 2.52 bits per heavy atom. The Hall–Kier alpha value is -1.88. The van der Waals surface area contributed by atoms with Crippen LogP contribution in [0.4, 0.5) is 13.2 Å². The quantitative estimate of drug-likeness (QED) is 0.379. The number of nitrogens with zero attached hydrogens (tertiary/aromatic N) is 2. The first kappa shape index (κ1) is 21.4. The molecule has 0 radical (unpaired) electrons. The lowest BCUT2D eigenvalue weighted by atomic mass is 9.85. The van der Waals surface area contributed by atoms with Gasteiger partial charge in [-0.15, -0.1) is 0 Å². The fourth-order valence-electron chi connectivity index (χ4n) is 2.91. The van der Waals surface area contributed by atoms with Crippen LogP contribution in [-0.2, 0) is 10.0 Å². The van der Waals surface area contributed by atoms with Gasteiger partial charge in [-0.1, -0.05) is 0 Å². The number of nitrogens with one attached hydrogen (secondary N) is 3. The molecule has 11 heteroatoms. The molecule has 0 unspecified atom stereocenters. The van der Waals surface area contributed by atoms with Gasteiger partial charge >= 0.3 is 6.18 Å². The fourth-order valence-corrected chi connectivity index (χ4v) is 3.90. The highest BCUT2D eigenvalue weighted by atomic mass is 32.2. The Morgan fingerprint density at radius 1 is 1.26 bits per heavy atom. The van der Waals surface area contributed by atoms with E-state index >= 15 is 0 Å². The molecule has 1 aliphatic carbocycles. The van der Waals surface area contributed by atoms with Crippen molar-refractivity contribution in [2.45, 2.75) is 42.8 Å². The van der Waals surface area contributed by atoms with Gasteiger partial charge in [-0.2, -0.15) is 13.2 Å². The van der Waals surface area contributed by atoms with Crippen LogP contribution in [0.5, 0.6) is 0 Å². The van der Waals surface area contributed by atoms with Crippen molar-refractivity contribution in [3.8, 4) is 0 Å². The van der Waals surface area contributed by atoms with Crippen molar-refractivity contribution in [3.05, 3.63) is 24.5 Å². The maximum atomic E-state index is 12.7. The lowest BCUT2D eigenvalue weighted by Gasteiger charge is -2.31. The van der Waals surface area contributed by atoms with E-state index in [0.717, 1.165) is 0 Å². The van der Waals surface area contributed by atoms with E-state index in [0.29, 0.717) is 18.8 Å². The maximum absolute atomic E-state index is 12.7. The number of halogens is 3. The zero-order valence-corrected chi connectivity index (χ0v) is 15.8. The minimum Gasteiger partial charge on any atom is -0.355 e. The smallest absolute Gasteiger partial charge is 0.355 e. The van der Waals surface area contributed by atoms with Gasteiger partial charge in [0.15, 0.2) is 5.96 Å². The molecule has 0 aromatic carbocycles. The molecule has 152 valence electrons. The summed E-state index contributed by atoms with van der Waals surface area (Å²) < 4.78 is 64.7. The van der Waals surface area contributed by atoms with Crippen LogP contribution < -0.4 is 15.4 Å². The summed E-state index contributed by atoms with van der Waals surface area (Å²) in [4.78, 5) is 7.88. The zero-order valence-electron chi connectivity index (χ0n) is 15.0. The molecule has 3 N–H and O–H groups in total. The number of sulfonamides is 1. The number of rotatable bonds is 6. The summed E-state index contributed by atoms with van der Waals surface area (Å²) in [6.45, 7) is 0.399. The van der Waals surface area contributed by atoms with Gasteiger partial charge in [0.1, 0.15) is 4.90 Å². The van der Waals surface area contributed by atoms with Crippen molar-refractivity contribution in [1.29, 1.82) is 0 Å². The monoisotopic (exact) mass is 407 g/mol. The molecule has 1 aromatic rings.